The third kappa shape index (κ3) is 143. The molecule has 0 unspecified atom stereocenters. The second-order valence-corrected chi connectivity index (χ2v) is 1.54. The summed E-state index contributed by atoms with van der Waals surface area (Å²) in [6.45, 7) is 0. The molecule has 0 rings (SSSR count). The van der Waals surface area contributed by atoms with Crippen LogP contribution in [-0.2, 0) is 70.0 Å². The maximum atomic E-state index is 8.88. The zero-order chi connectivity index (χ0) is 6.50. The zero-order valence-electron chi connectivity index (χ0n) is 3.83. The Labute approximate surface area is 91.8 Å². The molecule has 0 aliphatic rings. The molecule has 9 heteroatoms. The van der Waals surface area contributed by atoms with Crippen LogP contribution in [0.15, 0.2) is 0 Å². The monoisotopic (exact) mass is 358 g/mol. The Morgan fingerprint density at radius 1 is 1.00 bits per heavy atom. The number of phosphoric acid groups is 1. The van der Waals surface area contributed by atoms with Gasteiger partial charge in [-0.1, -0.05) is 0 Å². The summed E-state index contributed by atoms with van der Waals surface area (Å²) in [5.74, 6) is 0. The van der Waals surface area contributed by atoms with E-state index in [1.807, 2.05) is 0 Å². The van der Waals surface area contributed by atoms with Crippen molar-refractivity contribution in [2.24, 2.45) is 0 Å². The third-order valence-corrected chi connectivity index (χ3v) is 0. The van der Waals surface area contributed by atoms with Crippen molar-refractivity contribution in [3.63, 3.8) is 0 Å². The molecule has 4 nitrogen and oxygen atoms in total. The van der Waals surface area contributed by atoms with Crippen LogP contribution in [-0.4, -0.2) is 14.7 Å². The average Bonchev–Trinajstić information content (AvgIpc) is 1.36. The second-order valence-electron chi connectivity index (χ2n) is 0.513. The third-order valence-electron chi connectivity index (χ3n) is 0. The topological polar surface area (TPSA) is 77.8 Å². The summed E-state index contributed by atoms with van der Waals surface area (Å²) >= 11 is 7.33. The Morgan fingerprint density at radius 3 is 1.00 bits per heavy atom. The summed E-state index contributed by atoms with van der Waals surface area (Å²) < 4.78 is 8.88. The Bertz CT molecular complexity index is 62.7. The molecule has 0 fully saturated rings. The molecule has 0 atom stereocenters. The van der Waals surface area contributed by atoms with E-state index in [0.29, 0.717) is 0 Å². The van der Waals surface area contributed by atoms with Crippen LogP contribution in [0.3, 0.4) is 0 Å². The van der Waals surface area contributed by atoms with E-state index in [0.717, 1.165) is 0 Å². The quantitative estimate of drug-likeness (QED) is 0.226. The van der Waals surface area contributed by atoms with Gasteiger partial charge in [-0.05, 0) is 0 Å². The molecule has 0 heterocycles. The van der Waals surface area contributed by atoms with Gasteiger partial charge in [-0.25, -0.2) is 4.57 Å². The number of rotatable bonds is 0. The van der Waals surface area contributed by atoms with Crippen LogP contribution < -0.4 is 0 Å². The molecule has 0 bridgehead atoms. The van der Waals surface area contributed by atoms with Gasteiger partial charge in [0.15, 0.2) is 0 Å². The van der Waals surface area contributed by atoms with E-state index in [4.69, 9.17) is 19.2 Å². The van der Waals surface area contributed by atoms with E-state index in [1.165, 1.54) is 0 Å². The molecular formula is H3Mo2O4PS2-2. The minimum Gasteiger partial charge on any atom is -1.00 e. The van der Waals surface area contributed by atoms with Crippen LogP contribution >= 0.6 is 7.82 Å². The Hall–Kier alpha value is 2.19. The Kier molecular flexibility index (Phi) is 32.0. The average molecular weight is 354 g/mol. The fourth-order valence-electron chi connectivity index (χ4n) is 0. The maximum Gasteiger partial charge on any atom is 0.466 e. The molecule has 0 aliphatic heterocycles. The SMILES string of the molecule is O=P(O)(O)O.[Mo].[Mo].[S-][S-]. The van der Waals surface area contributed by atoms with Crippen molar-refractivity contribution in [2.75, 3.05) is 0 Å². The summed E-state index contributed by atoms with van der Waals surface area (Å²) in [5.41, 5.74) is 0. The smallest absolute Gasteiger partial charge is 0.466 e. The van der Waals surface area contributed by atoms with Gasteiger partial charge in [-0.15, -0.1) is 0 Å². The standard InChI is InChI=1S/2Mo.H3O4P.S2/c;;1-5(2,3)4;1-2/h;;(H3,1,2,3,4);/q;;;-2. The molecule has 9 heavy (non-hydrogen) atoms. The first-order valence-corrected chi connectivity index (χ1v) is 3.85. The predicted molar refractivity (Wildman–Crippen MR) is 29.0 cm³/mol. The molecule has 0 aromatic carbocycles. The van der Waals surface area contributed by atoms with Gasteiger partial charge in [0, 0.05) is 42.1 Å². The molecular weight excluding hydrogens is 351 g/mol. The number of hydrogen-bond donors (Lipinski definition) is 3. The predicted octanol–water partition coefficient (Wildman–Crippen LogP) is -0.938. The normalized spacial score (nSPS) is 7.22. The Morgan fingerprint density at radius 2 is 1.00 bits per heavy atom. The molecule has 0 saturated carbocycles. The molecule has 0 aliphatic carbocycles. The fraction of sp³-hybridized carbons (Fsp3) is 0. The van der Waals surface area contributed by atoms with Gasteiger partial charge < -0.3 is 38.0 Å². The summed E-state index contributed by atoms with van der Waals surface area (Å²) in [4.78, 5) is 21.6. The second kappa shape index (κ2) is 12.8. The molecule has 0 amide bonds. The largest absolute Gasteiger partial charge is 1.00 e. The van der Waals surface area contributed by atoms with Crippen molar-refractivity contribution in [3.05, 3.63) is 0 Å². The van der Waals surface area contributed by atoms with Gasteiger partial charge in [-0.3, -0.25) is 0 Å². The minimum absolute atomic E-state index is 0. The molecule has 0 aromatic heterocycles. The molecule has 58 valence electrons. The van der Waals surface area contributed by atoms with Gasteiger partial charge in [-0.2, -0.15) is 0 Å². The number of hydrogen-bond acceptors (Lipinski definition) is 3. The maximum absolute atomic E-state index is 8.88. The van der Waals surface area contributed by atoms with E-state index in [2.05, 4.69) is 23.3 Å². The van der Waals surface area contributed by atoms with Crippen molar-refractivity contribution in [1.82, 2.24) is 0 Å². The Balaban J connectivity index is -0.0000000286. The van der Waals surface area contributed by atoms with Crippen LogP contribution in [0.25, 0.3) is 0 Å². The van der Waals surface area contributed by atoms with Crippen LogP contribution in [0, 0.1) is 0 Å². The fourth-order valence-corrected chi connectivity index (χ4v) is 0. The molecule has 3 N–H and O–H groups in total. The van der Waals surface area contributed by atoms with Gasteiger partial charge in [0.2, 0.25) is 0 Å². The van der Waals surface area contributed by atoms with Crippen molar-refractivity contribution in [1.29, 1.82) is 0 Å². The van der Waals surface area contributed by atoms with E-state index in [1.54, 1.807) is 0 Å². The summed E-state index contributed by atoms with van der Waals surface area (Å²) in [7, 11) is -4.64. The molecule has 0 aromatic rings. The summed E-state index contributed by atoms with van der Waals surface area (Å²) in [5, 5.41) is 0. The van der Waals surface area contributed by atoms with Crippen LogP contribution in [0.1, 0.15) is 0 Å². The molecule has 0 saturated heterocycles. The van der Waals surface area contributed by atoms with E-state index < -0.39 is 7.82 Å². The van der Waals surface area contributed by atoms with Gasteiger partial charge in [0.25, 0.3) is 0 Å². The summed E-state index contributed by atoms with van der Waals surface area (Å²) in [6, 6.07) is 0. The van der Waals surface area contributed by atoms with Crippen molar-refractivity contribution in [2.45, 2.75) is 0 Å². The van der Waals surface area contributed by atoms with Gasteiger partial charge in [0.05, 0.1) is 0 Å². The van der Waals surface area contributed by atoms with E-state index >= 15 is 0 Å². The zero-order valence-corrected chi connectivity index (χ0v) is 10.4. The summed E-state index contributed by atoms with van der Waals surface area (Å²) in [6.07, 6.45) is 0. The van der Waals surface area contributed by atoms with E-state index in [-0.39, 0.29) is 42.1 Å². The van der Waals surface area contributed by atoms with Crippen molar-refractivity contribution < 1.29 is 61.4 Å². The first-order chi connectivity index (χ1) is 3.00. The molecule has 0 radical (unpaired) electrons. The van der Waals surface area contributed by atoms with E-state index in [9.17, 15) is 0 Å². The van der Waals surface area contributed by atoms with Crippen molar-refractivity contribution >= 4 is 31.1 Å². The van der Waals surface area contributed by atoms with Gasteiger partial charge >= 0.3 is 7.82 Å². The minimum atomic E-state index is -4.64. The van der Waals surface area contributed by atoms with Crippen LogP contribution in [0.5, 0.6) is 0 Å². The first kappa shape index (κ1) is 22.5. The van der Waals surface area contributed by atoms with Crippen LogP contribution in [0.4, 0.5) is 0 Å². The van der Waals surface area contributed by atoms with Crippen LogP contribution in [0.2, 0.25) is 0 Å². The van der Waals surface area contributed by atoms with Crippen molar-refractivity contribution in [3.8, 4) is 0 Å². The molecule has 0 spiro atoms. The first-order valence-electron chi connectivity index (χ1n) is 0.949. The van der Waals surface area contributed by atoms with Gasteiger partial charge in [0.1, 0.15) is 0 Å².